The van der Waals surface area contributed by atoms with Crippen LogP contribution in [0.15, 0.2) is 18.2 Å². The van der Waals surface area contributed by atoms with E-state index in [1.165, 1.54) is 0 Å². The van der Waals surface area contributed by atoms with Crippen LogP contribution in [0.2, 0.25) is 0 Å². The van der Waals surface area contributed by atoms with Gasteiger partial charge in [0.25, 0.3) is 0 Å². The molecule has 4 heteroatoms. The van der Waals surface area contributed by atoms with E-state index in [0.29, 0.717) is 30.6 Å². The van der Waals surface area contributed by atoms with E-state index in [-0.39, 0.29) is 5.97 Å². The molecule has 0 aliphatic rings. The molecule has 0 heterocycles. The smallest absolute Gasteiger partial charge is 0.311 e. The minimum atomic E-state index is -0.272. The Balaban J connectivity index is 2.70. The highest BCUT2D eigenvalue weighted by atomic mass is 16.6. The molecule has 0 saturated carbocycles. The largest absolute Gasteiger partial charge is 0.493 e. The Morgan fingerprint density at radius 1 is 1.19 bits per heavy atom. The fourth-order valence-corrected chi connectivity index (χ4v) is 2.02. The van der Waals surface area contributed by atoms with E-state index in [9.17, 15) is 4.79 Å². The Kier molecular flexibility index (Phi) is 7.83. The zero-order chi connectivity index (χ0) is 15.7. The molecule has 118 valence electrons. The molecular weight excluding hydrogens is 268 g/mol. The van der Waals surface area contributed by atoms with E-state index in [0.717, 1.165) is 24.8 Å². The lowest BCUT2D eigenvalue weighted by Gasteiger charge is -2.16. The molecule has 1 atom stereocenters. The van der Waals surface area contributed by atoms with Gasteiger partial charge in [-0.1, -0.05) is 33.3 Å². The first-order valence-corrected chi connectivity index (χ1v) is 7.63. The van der Waals surface area contributed by atoms with Crippen molar-refractivity contribution in [1.82, 2.24) is 0 Å². The first kappa shape index (κ1) is 17.5. The number of hydrogen-bond acceptors (Lipinski definition) is 4. The third-order valence-electron chi connectivity index (χ3n) is 3.29. The van der Waals surface area contributed by atoms with Crippen molar-refractivity contribution in [1.29, 1.82) is 0 Å². The summed E-state index contributed by atoms with van der Waals surface area (Å²) in [5.74, 6) is 0.737. The normalized spacial score (nSPS) is 12.0. The van der Waals surface area contributed by atoms with Crippen LogP contribution in [-0.2, 0) is 16.1 Å². The highest BCUT2D eigenvalue weighted by Crippen LogP contribution is 2.29. The van der Waals surface area contributed by atoms with E-state index >= 15 is 0 Å². The lowest BCUT2D eigenvalue weighted by atomic mass is 10.1. The van der Waals surface area contributed by atoms with E-state index in [4.69, 9.17) is 14.2 Å². The fraction of sp³-hybridized carbons (Fsp3) is 0.588. The average molecular weight is 294 g/mol. The molecule has 21 heavy (non-hydrogen) atoms. The Morgan fingerprint density at radius 3 is 2.52 bits per heavy atom. The molecule has 4 nitrogen and oxygen atoms in total. The standard InChI is InChI=1S/C17H26O4/c1-5-8-14(6-2)20-12-13-9-10-15(16(11-13)19-4)21-17(18)7-3/h9-11,14H,5-8,12H2,1-4H3. The molecule has 0 aliphatic heterocycles. The van der Waals surface area contributed by atoms with Gasteiger partial charge in [0.2, 0.25) is 0 Å². The van der Waals surface area contributed by atoms with Gasteiger partial charge in [-0.2, -0.15) is 0 Å². The van der Waals surface area contributed by atoms with Gasteiger partial charge in [0.05, 0.1) is 19.8 Å². The molecule has 0 saturated heterocycles. The summed E-state index contributed by atoms with van der Waals surface area (Å²) in [6.07, 6.45) is 3.83. The van der Waals surface area contributed by atoms with Gasteiger partial charge in [-0.25, -0.2) is 0 Å². The minimum absolute atomic E-state index is 0.272. The summed E-state index contributed by atoms with van der Waals surface area (Å²) in [5, 5.41) is 0. The van der Waals surface area contributed by atoms with Gasteiger partial charge >= 0.3 is 5.97 Å². The van der Waals surface area contributed by atoms with Gasteiger partial charge in [-0.05, 0) is 30.5 Å². The second-order valence-corrected chi connectivity index (χ2v) is 4.94. The first-order chi connectivity index (χ1) is 10.1. The Morgan fingerprint density at radius 2 is 1.95 bits per heavy atom. The predicted molar refractivity (Wildman–Crippen MR) is 82.7 cm³/mol. The molecule has 0 aromatic heterocycles. The lowest BCUT2D eigenvalue weighted by Crippen LogP contribution is -2.11. The van der Waals surface area contributed by atoms with Crippen molar-refractivity contribution in [3.05, 3.63) is 23.8 Å². The molecular formula is C17H26O4. The maximum atomic E-state index is 11.4. The zero-order valence-corrected chi connectivity index (χ0v) is 13.5. The molecule has 0 bridgehead atoms. The third kappa shape index (κ3) is 5.76. The van der Waals surface area contributed by atoms with E-state index in [2.05, 4.69) is 13.8 Å². The summed E-state index contributed by atoms with van der Waals surface area (Å²) in [6.45, 7) is 6.59. The van der Waals surface area contributed by atoms with Crippen molar-refractivity contribution in [3.8, 4) is 11.5 Å². The third-order valence-corrected chi connectivity index (χ3v) is 3.29. The van der Waals surface area contributed by atoms with Crippen LogP contribution >= 0.6 is 0 Å². The molecule has 0 radical (unpaired) electrons. The van der Waals surface area contributed by atoms with Gasteiger partial charge in [0.15, 0.2) is 11.5 Å². The van der Waals surface area contributed by atoms with Crippen LogP contribution in [0.4, 0.5) is 0 Å². The van der Waals surface area contributed by atoms with Crippen molar-refractivity contribution < 1.29 is 19.0 Å². The monoisotopic (exact) mass is 294 g/mol. The number of esters is 1. The van der Waals surface area contributed by atoms with Crippen LogP contribution in [0.5, 0.6) is 11.5 Å². The first-order valence-electron chi connectivity index (χ1n) is 7.63. The summed E-state index contributed by atoms with van der Waals surface area (Å²) in [6, 6.07) is 5.52. The quantitative estimate of drug-likeness (QED) is 0.508. The highest BCUT2D eigenvalue weighted by Gasteiger charge is 2.11. The minimum Gasteiger partial charge on any atom is -0.493 e. The SMILES string of the molecule is CCCC(CC)OCc1ccc(OC(=O)CC)c(OC)c1. The molecule has 1 aromatic carbocycles. The molecule has 1 aromatic rings. The van der Waals surface area contributed by atoms with Crippen molar-refractivity contribution in [2.45, 2.75) is 59.2 Å². The zero-order valence-electron chi connectivity index (χ0n) is 13.5. The maximum Gasteiger partial charge on any atom is 0.311 e. The second kappa shape index (κ2) is 9.40. The van der Waals surface area contributed by atoms with Gasteiger partial charge in [-0.15, -0.1) is 0 Å². The number of methoxy groups -OCH3 is 1. The van der Waals surface area contributed by atoms with Gasteiger partial charge in [0.1, 0.15) is 0 Å². The number of rotatable bonds is 9. The summed E-state index contributed by atoms with van der Waals surface area (Å²) in [7, 11) is 1.56. The number of hydrogen-bond donors (Lipinski definition) is 0. The summed E-state index contributed by atoms with van der Waals surface area (Å²) in [4.78, 5) is 11.4. The number of benzene rings is 1. The van der Waals surface area contributed by atoms with E-state index in [1.54, 1.807) is 20.1 Å². The van der Waals surface area contributed by atoms with E-state index < -0.39 is 0 Å². The van der Waals surface area contributed by atoms with Crippen LogP contribution in [0.1, 0.15) is 52.0 Å². The maximum absolute atomic E-state index is 11.4. The number of carbonyl (C=O) groups is 1. The fourth-order valence-electron chi connectivity index (χ4n) is 2.02. The summed E-state index contributed by atoms with van der Waals surface area (Å²) in [5.41, 5.74) is 1.01. The average Bonchev–Trinajstić information content (AvgIpc) is 2.52. The van der Waals surface area contributed by atoms with E-state index in [1.807, 2.05) is 12.1 Å². The predicted octanol–water partition coefficient (Wildman–Crippen LogP) is 4.11. The van der Waals surface area contributed by atoms with Crippen LogP contribution in [-0.4, -0.2) is 19.2 Å². The van der Waals surface area contributed by atoms with Crippen molar-refractivity contribution >= 4 is 5.97 Å². The van der Waals surface area contributed by atoms with Crippen LogP contribution in [0, 0.1) is 0 Å². The Bertz CT molecular complexity index is 442. The summed E-state index contributed by atoms with van der Waals surface area (Å²) >= 11 is 0. The van der Waals surface area contributed by atoms with Crippen LogP contribution in [0.25, 0.3) is 0 Å². The Hall–Kier alpha value is -1.55. The number of carbonyl (C=O) groups excluding carboxylic acids is 1. The molecule has 0 amide bonds. The van der Waals surface area contributed by atoms with Crippen molar-refractivity contribution in [2.75, 3.05) is 7.11 Å². The number of ether oxygens (including phenoxy) is 3. The molecule has 1 rings (SSSR count). The van der Waals surface area contributed by atoms with Crippen molar-refractivity contribution in [2.24, 2.45) is 0 Å². The van der Waals surface area contributed by atoms with Gasteiger partial charge < -0.3 is 14.2 Å². The molecule has 0 aliphatic carbocycles. The molecule has 0 N–H and O–H groups in total. The molecule has 0 spiro atoms. The highest BCUT2D eigenvalue weighted by molar-refractivity contribution is 5.72. The topological polar surface area (TPSA) is 44.8 Å². The second-order valence-electron chi connectivity index (χ2n) is 4.94. The molecule has 1 unspecified atom stereocenters. The summed E-state index contributed by atoms with van der Waals surface area (Å²) < 4.78 is 16.4. The van der Waals surface area contributed by atoms with Crippen LogP contribution in [0.3, 0.4) is 0 Å². The van der Waals surface area contributed by atoms with Gasteiger partial charge in [0, 0.05) is 6.42 Å². The van der Waals surface area contributed by atoms with Crippen LogP contribution < -0.4 is 9.47 Å². The Labute approximate surface area is 127 Å². The molecule has 0 fully saturated rings. The van der Waals surface area contributed by atoms with Crippen molar-refractivity contribution in [3.63, 3.8) is 0 Å². The lowest BCUT2D eigenvalue weighted by molar-refractivity contribution is -0.134. The van der Waals surface area contributed by atoms with Gasteiger partial charge in [-0.3, -0.25) is 4.79 Å².